The molecule has 1 aliphatic heterocycles. The molecule has 3 aromatic heterocycles. The molecule has 4 heterocycles. The molecule has 1 aromatic carbocycles. The topological polar surface area (TPSA) is 129 Å². The normalized spacial score (nSPS) is 14.2. The number of H-pyrrole nitrogens is 1. The second-order valence-corrected chi connectivity index (χ2v) is 8.63. The Morgan fingerprint density at radius 2 is 2.11 bits per heavy atom. The molecule has 37 heavy (non-hydrogen) atoms. The van der Waals surface area contributed by atoms with Crippen LogP contribution in [-0.2, 0) is 16.0 Å². The first-order valence-corrected chi connectivity index (χ1v) is 12.3. The second kappa shape index (κ2) is 11.4. The van der Waals surface area contributed by atoms with E-state index >= 15 is 0 Å². The van der Waals surface area contributed by atoms with Gasteiger partial charge in [-0.15, -0.1) is 0 Å². The number of nitrogens with one attached hydrogen (secondary N) is 1. The summed E-state index contributed by atoms with van der Waals surface area (Å²) in [5.41, 5.74) is 1.47. The van der Waals surface area contributed by atoms with Crippen LogP contribution in [0.5, 0.6) is 5.75 Å². The van der Waals surface area contributed by atoms with Gasteiger partial charge in [0.1, 0.15) is 5.75 Å². The largest absolute Gasteiger partial charge is 0.494 e. The standard InChI is InChI=1S/C25H29N7O5/c1-2-36-24(34)19-14-27-32(16-19)25-28-22-21(23(33)29-25)26-17-31(22)15-18-5-3-6-20(13-18)37-10-4-7-30-8-11-35-12-9-30/h3,5-6,13-14,16-17H,2,4,7-12,15H2,1H3,(H,28,29,33). The molecule has 1 N–H and O–H groups in total. The smallest absolute Gasteiger partial charge is 0.341 e. The third-order valence-corrected chi connectivity index (χ3v) is 6.02. The maximum absolute atomic E-state index is 12.7. The maximum Gasteiger partial charge on any atom is 0.341 e. The number of ether oxygens (including phenoxy) is 3. The van der Waals surface area contributed by atoms with Gasteiger partial charge in [0.25, 0.3) is 5.56 Å². The zero-order chi connectivity index (χ0) is 25.6. The monoisotopic (exact) mass is 507 g/mol. The highest BCUT2D eigenvalue weighted by atomic mass is 16.5. The zero-order valence-corrected chi connectivity index (χ0v) is 20.6. The van der Waals surface area contributed by atoms with Crippen molar-refractivity contribution in [2.75, 3.05) is 46.1 Å². The van der Waals surface area contributed by atoms with E-state index in [-0.39, 0.29) is 23.6 Å². The molecule has 0 radical (unpaired) electrons. The number of carbonyl (C=O) groups excluding carboxylic acids is 1. The van der Waals surface area contributed by atoms with E-state index in [2.05, 4.69) is 25.0 Å². The Bertz CT molecular complexity index is 1420. The lowest BCUT2D eigenvalue weighted by Crippen LogP contribution is -2.37. The average Bonchev–Trinajstić information content (AvgIpc) is 3.56. The minimum Gasteiger partial charge on any atom is -0.494 e. The SMILES string of the molecule is CCOC(=O)c1cnn(-c2nc3c(ncn3Cc3cccc(OCCCN4CCOCC4)c3)c(=O)[nH]2)c1. The Morgan fingerprint density at radius 3 is 2.95 bits per heavy atom. The van der Waals surface area contributed by atoms with E-state index in [0.29, 0.717) is 18.8 Å². The van der Waals surface area contributed by atoms with Crippen molar-refractivity contribution in [3.05, 3.63) is 64.5 Å². The number of rotatable bonds is 10. The van der Waals surface area contributed by atoms with Gasteiger partial charge in [-0.1, -0.05) is 12.1 Å². The number of esters is 1. The number of fused-ring (bicyclic) bond motifs is 1. The van der Waals surface area contributed by atoms with Crippen molar-refractivity contribution >= 4 is 17.1 Å². The molecule has 0 spiro atoms. The molecule has 5 rings (SSSR count). The van der Waals surface area contributed by atoms with Crippen LogP contribution in [0.25, 0.3) is 17.1 Å². The van der Waals surface area contributed by atoms with Crippen LogP contribution in [0.15, 0.2) is 47.8 Å². The molecule has 4 aromatic rings. The van der Waals surface area contributed by atoms with Gasteiger partial charge in [-0.25, -0.2) is 14.5 Å². The molecule has 0 amide bonds. The van der Waals surface area contributed by atoms with E-state index in [1.807, 2.05) is 24.3 Å². The Balaban J connectivity index is 1.28. The van der Waals surface area contributed by atoms with E-state index in [1.165, 1.54) is 17.1 Å². The molecule has 0 atom stereocenters. The van der Waals surface area contributed by atoms with Gasteiger partial charge in [0, 0.05) is 25.8 Å². The summed E-state index contributed by atoms with van der Waals surface area (Å²) in [7, 11) is 0. The maximum atomic E-state index is 12.7. The molecule has 0 unspecified atom stereocenters. The Morgan fingerprint density at radius 1 is 1.24 bits per heavy atom. The van der Waals surface area contributed by atoms with Gasteiger partial charge in [0.2, 0.25) is 5.95 Å². The molecular formula is C25H29N7O5. The number of nitrogens with zero attached hydrogens (tertiary/aromatic N) is 6. The summed E-state index contributed by atoms with van der Waals surface area (Å²) in [6.45, 7) is 7.59. The number of hydrogen-bond acceptors (Lipinski definition) is 9. The lowest BCUT2D eigenvalue weighted by Gasteiger charge is -2.26. The quantitative estimate of drug-likeness (QED) is 0.251. The van der Waals surface area contributed by atoms with Crippen LogP contribution in [0.1, 0.15) is 29.3 Å². The minimum atomic E-state index is -0.495. The summed E-state index contributed by atoms with van der Waals surface area (Å²) in [6, 6.07) is 7.84. The lowest BCUT2D eigenvalue weighted by atomic mass is 10.2. The summed E-state index contributed by atoms with van der Waals surface area (Å²) < 4.78 is 19.5. The molecular weight excluding hydrogens is 478 g/mol. The van der Waals surface area contributed by atoms with E-state index in [4.69, 9.17) is 14.2 Å². The number of aromatic nitrogens is 6. The van der Waals surface area contributed by atoms with Crippen molar-refractivity contribution < 1.29 is 19.0 Å². The summed E-state index contributed by atoms with van der Waals surface area (Å²) in [6.07, 6.45) is 5.35. The van der Waals surface area contributed by atoms with Crippen molar-refractivity contribution in [2.45, 2.75) is 19.9 Å². The van der Waals surface area contributed by atoms with Crippen molar-refractivity contribution in [3.8, 4) is 11.7 Å². The number of aromatic amines is 1. The first-order chi connectivity index (χ1) is 18.1. The van der Waals surface area contributed by atoms with Gasteiger partial charge in [0.15, 0.2) is 11.2 Å². The predicted octanol–water partition coefficient (Wildman–Crippen LogP) is 1.63. The minimum absolute atomic E-state index is 0.173. The van der Waals surface area contributed by atoms with Gasteiger partial charge in [0.05, 0.1) is 51.1 Å². The molecule has 194 valence electrons. The first-order valence-electron chi connectivity index (χ1n) is 12.3. The Labute approximate surface area is 212 Å². The zero-order valence-electron chi connectivity index (χ0n) is 20.6. The molecule has 1 aliphatic rings. The summed E-state index contributed by atoms with van der Waals surface area (Å²) in [4.78, 5) is 38.5. The molecule has 1 saturated heterocycles. The van der Waals surface area contributed by atoms with E-state index in [1.54, 1.807) is 17.8 Å². The van der Waals surface area contributed by atoms with Gasteiger partial charge in [-0.2, -0.15) is 10.1 Å². The lowest BCUT2D eigenvalue weighted by molar-refractivity contribution is 0.0358. The van der Waals surface area contributed by atoms with Crippen LogP contribution in [0.4, 0.5) is 0 Å². The molecule has 0 bridgehead atoms. The molecule has 12 heteroatoms. The van der Waals surface area contributed by atoms with E-state index in [0.717, 1.165) is 50.6 Å². The Hall–Kier alpha value is -4.03. The number of hydrogen-bond donors (Lipinski definition) is 1. The van der Waals surface area contributed by atoms with Crippen molar-refractivity contribution in [2.24, 2.45) is 0 Å². The fraction of sp³-hybridized carbons (Fsp3) is 0.400. The summed E-state index contributed by atoms with van der Waals surface area (Å²) >= 11 is 0. The summed E-state index contributed by atoms with van der Waals surface area (Å²) in [5.74, 6) is 0.469. The van der Waals surface area contributed by atoms with Crippen LogP contribution in [0.2, 0.25) is 0 Å². The van der Waals surface area contributed by atoms with Crippen molar-refractivity contribution in [1.82, 2.24) is 34.2 Å². The fourth-order valence-corrected chi connectivity index (χ4v) is 4.16. The Kier molecular flexibility index (Phi) is 7.57. The predicted molar refractivity (Wildman–Crippen MR) is 134 cm³/mol. The third kappa shape index (κ3) is 5.87. The molecule has 1 fully saturated rings. The number of imidazole rings is 1. The molecule has 0 saturated carbocycles. The van der Waals surface area contributed by atoms with Gasteiger partial charge in [-0.3, -0.25) is 14.7 Å². The van der Waals surface area contributed by atoms with Crippen LogP contribution >= 0.6 is 0 Å². The molecule has 12 nitrogen and oxygen atoms in total. The second-order valence-electron chi connectivity index (χ2n) is 8.63. The van der Waals surface area contributed by atoms with Gasteiger partial charge in [-0.05, 0) is 31.0 Å². The van der Waals surface area contributed by atoms with Crippen molar-refractivity contribution in [3.63, 3.8) is 0 Å². The first kappa shape index (κ1) is 24.7. The highest BCUT2D eigenvalue weighted by molar-refractivity contribution is 5.88. The van der Waals surface area contributed by atoms with Gasteiger partial charge < -0.3 is 18.8 Å². The van der Waals surface area contributed by atoms with Crippen LogP contribution in [0.3, 0.4) is 0 Å². The average molecular weight is 508 g/mol. The highest BCUT2D eigenvalue weighted by Gasteiger charge is 2.15. The van der Waals surface area contributed by atoms with Crippen LogP contribution < -0.4 is 10.3 Å². The summed E-state index contributed by atoms with van der Waals surface area (Å²) in [5, 5.41) is 4.14. The number of morpholine rings is 1. The number of benzene rings is 1. The highest BCUT2D eigenvalue weighted by Crippen LogP contribution is 2.17. The molecule has 0 aliphatic carbocycles. The fourth-order valence-electron chi connectivity index (χ4n) is 4.16. The van der Waals surface area contributed by atoms with Crippen LogP contribution in [-0.4, -0.2) is 86.2 Å². The van der Waals surface area contributed by atoms with Crippen LogP contribution in [0, 0.1) is 0 Å². The van der Waals surface area contributed by atoms with E-state index in [9.17, 15) is 9.59 Å². The van der Waals surface area contributed by atoms with Crippen molar-refractivity contribution in [1.29, 1.82) is 0 Å². The van der Waals surface area contributed by atoms with Gasteiger partial charge >= 0.3 is 5.97 Å². The third-order valence-electron chi connectivity index (χ3n) is 6.02. The number of carbonyl (C=O) groups is 1. The van der Waals surface area contributed by atoms with E-state index < -0.39 is 11.5 Å².